The Hall–Kier alpha value is -3.78. The second-order valence-corrected chi connectivity index (χ2v) is 7.49. The highest BCUT2D eigenvalue weighted by Crippen LogP contribution is 2.25. The number of carboxylic acids is 1. The molecule has 7 nitrogen and oxygen atoms in total. The van der Waals surface area contributed by atoms with Crippen molar-refractivity contribution in [3.05, 3.63) is 89.6 Å². The van der Waals surface area contributed by atoms with Gasteiger partial charge in [0, 0.05) is 6.42 Å². The Kier molecular flexibility index (Phi) is 5.67. The molecule has 1 atom stereocenters. The summed E-state index contributed by atoms with van der Waals surface area (Å²) in [4.78, 5) is 29.8. The van der Waals surface area contributed by atoms with Crippen LogP contribution >= 0.6 is 11.3 Å². The molecule has 30 heavy (non-hydrogen) atoms. The van der Waals surface area contributed by atoms with Crippen LogP contribution in [0.3, 0.4) is 0 Å². The highest BCUT2D eigenvalue weighted by molar-refractivity contribution is 7.13. The van der Waals surface area contributed by atoms with Crippen molar-refractivity contribution in [3.63, 3.8) is 0 Å². The van der Waals surface area contributed by atoms with E-state index in [2.05, 4.69) is 15.4 Å². The molecule has 0 saturated heterocycles. The number of carbonyl (C=O) groups excluding carboxylic acids is 1. The fraction of sp³-hybridized carbons (Fsp3) is 0.0909. The molecule has 150 valence electrons. The van der Waals surface area contributed by atoms with Crippen LogP contribution in [0.25, 0.3) is 16.4 Å². The lowest BCUT2D eigenvalue weighted by Gasteiger charge is -2.13. The van der Waals surface area contributed by atoms with Gasteiger partial charge in [0.15, 0.2) is 5.82 Å². The molecule has 8 heteroatoms. The van der Waals surface area contributed by atoms with Gasteiger partial charge in [0.25, 0.3) is 5.91 Å². The molecule has 0 radical (unpaired) electrons. The van der Waals surface area contributed by atoms with E-state index in [1.54, 1.807) is 4.68 Å². The summed E-state index contributed by atoms with van der Waals surface area (Å²) in [5.74, 6) is -1.31. The second-order valence-electron chi connectivity index (χ2n) is 6.54. The number of amides is 1. The Labute approximate surface area is 176 Å². The van der Waals surface area contributed by atoms with Gasteiger partial charge < -0.3 is 10.4 Å². The normalized spacial score (nSPS) is 11.7. The first kappa shape index (κ1) is 19.5. The maximum atomic E-state index is 12.8. The topological polar surface area (TPSA) is 97.1 Å². The Balaban J connectivity index is 1.63. The largest absolute Gasteiger partial charge is 0.480 e. The number of hydrogen-bond acceptors (Lipinski definition) is 5. The van der Waals surface area contributed by atoms with Crippen molar-refractivity contribution in [2.45, 2.75) is 12.5 Å². The summed E-state index contributed by atoms with van der Waals surface area (Å²) in [6.45, 7) is 0. The van der Waals surface area contributed by atoms with E-state index in [-0.39, 0.29) is 12.2 Å². The Morgan fingerprint density at radius 1 is 1.00 bits per heavy atom. The van der Waals surface area contributed by atoms with E-state index in [4.69, 9.17) is 0 Å². The molecule has 2 heterocycles. The molecule has 0 spiro atoms. The van der Waals surface area contributed by atoms with Crippen LogP contribution in [0, 0.1) is 0 Å². The molecule has 4 rings (SSSR count). The summed E-state index contributed by atoms with van der Waals surface area (Å²) in [5.41, 5.74) is 1.57. The summed E-state index contributed by atoms with van der Waals surface area (Å²) in [7, 11) is 0. The second kappa shape index (κ2) is 8.71. The Bertz CT molecular complexity index is 1140. The maximum Gasteiger partial charge on any atom is 0.326 e. The molecule has 1 amide bonds. The number of para-hydroxylation sites is 1. The molecule has 0 fully saturated rings. The minimum absolute atomic E-state index is 0.0819. The molecule has 2 aromatic heterocycles. The molecule has 0 bridgehead atoms. The molecule has 2 N–H and O–H groups in total. The standard InChI is InChI=1S/C22H18N4O3S/c27-21(23-17(22(28)29)14-15-8-3-1-4-9-15)19-24-20(18-12-7-13-30-18)26(25-19)16-10-5-2-6-11-16/h1-13,17H,14H2,(H,23,27)(H,28,29). The van der Waals surface area contributed by atoms with Gasteiger partial charge in [0.2, 0.25) is 5.82 Å². The number of nitrogens with one attached hydrogen (secondary N) is 1. The maximum absolute atomic E-state index is 12.8. The third-order valence-corrected chi connectivity index (χ3v) is 5.30. The fourth-order valence-electron chi connectivity index (χ4n) is 3.00. The number of carboxylic acid groups (broad SMARTS) is 1. The summed E-state index contributed by atoms with van der Waals surface area (Å²) in [6, 6.07) is 21.2. The van der Waals surface area contributed by atoms with Crippen LogP contribution in [0.4, 0.5) is 0 Å². The van der Waals surface area contributed by atoms with Gasteiger partial charge in [-0.3, -0.25) is 4.79 Å². The Morgan fingerprint density at radius 2 is 1.70 bits per heavy atom. The van der Waals surface area contributed by atoms with Crippen LogP contribution in [0.2, 0.25) is 0 Å². The van der Waals surface area contributed by atoms with Crippen molar-refractivity contribution in [3.8, 4) is 16.4 Å². The van der Waals surface area contributed by atoms with E-state index < -0.39 is 17.9 Å². The van der Waals surface area contributed by atoms with Crippen molar-refractivity contribution in [2.75, 3.05) is 0 Å². The summed E-state index contributed by atoms with van der Waals surface area (Å²) in [5, 5.41) is 18.4. The number of nitrogens with zero attached hydrogens (tertiary/aromatic N) is 3. The van der Waals surface area contributed by atoms with Crippen LogP contribution in [0.15, 0.2) is 78.2 Å². The highest BCUT2D eigenvalue weighted by atomic mass is 32.1. The molecule has 0 aliphatic carbocycles. The van der Waals surface area contributed by atoms with Crippen molar-refractivity contribution in [2.24, 2.45) is 0 Å². The third kappa shape index (κ3) is 4.28. The molecule has 0 aliphatic heterocycles. The SMILES string of the molecule is O=C(NC(Cc1ccccc1)C(=O)O)c1nc(-c2cccs2)n(-c2ccccc2)n1. The average Bonchev–Trinajstić information content (AvgIpc) is 3.44. The molecular formula is C22H18N4O3S. The zero-order valence-electron chi connectivity index (χ0n) is 15.8. The first-order chi connectivity index (χ1) is 14.6. The van der Waals surface area contributed by atoms with E-state index in [1.165, 1.54) is 11.3 Å². The lowest BCUT2D eigenvalue weighted by molar-refractivity contribution is -0.139. The fourth-order valence-corrected chi connectivity index (χ4v) is 3.69. The Morgan fingerprint density at radius 3 is 2.33 bits per heavy atom. The van der Waals surface area contributed by atoms with E-state index in [9.17, 15) is 14.7 Å². The van der Waals surface area contributed by atoms with Crippen LogP contribution in [-0.2, 0) is 11.2 Å². The van der Waals surface area contributed by atoms with Crippen molar-refractivity contribution >= 4 is 23.2 Å². The van der Waals surface area contributed by atoms with Gasteiger partial charge in [-0.1, -0.05) is 54.6 Å². The lowest BCUT2D eigenvalue weighted by atomic mass is 10.1. The highest BCUT2D eigenvalue weighted by Gasteiger charge is 2.25. The van der Waals surface area contributed by atoms with E-state index in [1.807, 2.05) is 78.2 Å². The van der Waals surface area contributed by atoms with Gasteiger partial charge in [0.1, 0.15) is 6.04 Å². The van der Waals surface area contributed by atoms with Crippen molar-refractivity contribution in [1.29, 1.82) is 0 Å². The first-order valence-electron chi connectivity index (χ1n) is 9.26. The van der Waals surface area contributed by atoms with Crippen LogP contribution in [0.1, 0.15) is 16.2 Å². The zero-order valence-corrected chi connectivity index (χ0v) is 16.6. The molecule has 1 unspecified atom stereocenters. The summed E-state index contributed by atoms with van der Waals surface area (Å²) in [6.07, 6.45) is 0.166. The predicted octanol–water partition coefficient (Wildman–Crippen LogP) is 3.42. The minimum Gasteiger partial charge on any atom is -0.480 e. The number of rotatable bonds is 7. The number of carbonyl (C=O) groups is 2. The molecule has 0 saturated carbocycles. The van der Waals surface area contributed by atoms with Crippen molar-refractivity contribution < 1.29 is 14.7 Å². The van der Waals surface area contributed by atoms with Gasteiger partial charge in [-0.2, -0.15) is 0 Å². The number of hydrogen-bond donors (Lipinski definition) is 2. The number of benzene rings is 2. The van der Waals surface area contributed by atoms with E-state index in [0.29, 0.717) is 5.82 Å². The summed E-state index contributed by atoms with van der Waals surface area (Å²) >= 11 is 1.48. The molecule has 2 aromatic carbocycles. The predicted molar refractivity (Wildman–Crippen MR) is 114 cm³/mol. The van der Waals surface area contributed by atoms with Gasteiger partial charge in [-0.05, 0) is 29.1 Å². The van der Waals surface area contributed by atoms with Gasteiger partial charge in [-0.15, -0.1) is 16.4 Å². The van der Waals surface area contributed by atoms with Gasteiger partial charge in [-0.25, -0.2) is 14.5 Å². The number of aliphatic carboxylic acids is 1. The van der Waals surface area contributed by atoms with Gasteiger partial charge in [0.05, 0.1) is 10.6 Å². The van der Waals surface area contributed by atoms with Crippen LogP contribution < -0.4 is 5.32 Å². The monoisotopic (exact) mass is 418 g/mol. The quantitative estimate of drug-likeness (QED) is 0.479. The number of thiophene rings is 1. The van der Waals surface area contributed by atoms with Crippen LogP contribution in [-0.4, -0.2) is 37.8 Å². The molecular weight excluding hydrogens is 400 g/mol. The molecule has 4 aromatic rings. The molecule has 0 aliphatic rings. The van der Waals surface area contributed by atoms with Gasteiger partial charge >= 0.3 is 5.97 Å². The summed E-state index contributed by atoms with van der Waals surface area (Å²) < 4.78 is 1.59. The lowest BCUT2D eigenvalue weighted by Crippen LogP contribution is -2.42. The zero-order chi connectivity index (χ0) is 20.9. The minimum atomic E-state index is -1.12. The van der Waals surface area contributed by atoms with E-state index in [0.717, 1.165) is 16.1 Å². The number of aromatic nitrogens is 3. The van der Waals surface area contributed by atoms with Crippen LogP contribution in [0.5, 0.6) is 0 Å². The smallest absolute Gasteiger partial charge is 0.326 e. The third-order valence-electron chi connectivity index (χ3n) is 4.44. The van der Waals surface area contributed by atoms with E-state index >= 15 is 0 Å². The average molecular weight is 418 g/mol. The van der Waals surface area contributed by atoms with Crippen molar-refractivity contribution in [1.82, 2.24) is 20.1 Å². The first-order valence-corrected chi connectivity index (χ1v) is 10.1.